The minimum absolute atomic E-state index is 0.0264. The van der Waals surface area contributed by atoms with E-state index < -0.39 is 11.5 Å². The summed E-state index contributed by atoms with van der Waals surface area (Å²) in [7, 11) is 1.59. The molecule has 0 spiro atoms. The van der Waals surface area contributed by atoms with Crippen molar-refractivity contribution in [3.05, 3.63) is 58.1 Å². The number of nitrogens with zero attached hydrogens (tertiary/aromatic N) is 3. The van der Waals surface area contributed by atoms with Crippen molar-refractivity contribution in [1.29, 1.82) is 0 Å². The van der Waals surface area contributed by atoms with Crippen molar-refractivity contribution < 1.29 is 23.8 Å². The second kappa shape index (κ2) is 10.4. The lowest BCUT2D eigenvalue weighted by molar-refractivity contribution is -0.152. The van der Waals surface area contributed by atoms with E-state index in [0.29, 0.717) is 12.2 Å². The number of carbonyl (C=O) groups is 2. The number of benzene rings is 1. The van der Waals surface area contributed by atoms with Crippen LogP contribution in [0.4, 0.5) is 0 Å². The van der Waals surface area contributed by atoms with Gasteiger partial charge in [0.15, 0.2) is 11.0 Å². The molecule has 1 atom stereocenters. The first-order chi connectivity index (χ1) is 18.3. The van der Waals surface area contributed by atoms with Gasteiger partial charge in [0.05, 0.1) is 32.2 Å². The summed E-state index contributed by atoms with van der Waals surface area (Å²) in [4.78, 5) is 38.1. The highest BCUT2D eigenvalue weighted by Gasteiger charge is 2.35. The number of fused-ring (bicyclic) bond motifs is 3. The van der Waals surface area contributed by atoms with Crippen molar-refractivity contribution in [3.63, 3.8) is 0 Å². The molecule has 1 aliphatic rings. The number of ether oxygens (including phenoxy) is 3. The third kappa shape index (κ3) is 5.10. The molecule has 0 fully saturated rings. The average Bonchev–Trinajstić information content (AvgIpc) is 3.38. The number of esters is 2. The zero-order chi connectivity index (χ0) is 28.7. The quantitative estimate of drug-likeness (QED) is 0.392. The largest absolute Gasteiger partial charge is 0.496 e. The maximum absolute atomic E-state index is 13.0. The molecular weight excluding hydrogens is 498 g/mol. The van der Waals surface area contributed by atoms with Gasteiger partial charge in [-0.2, -0.15) is 5.10 Å². The van der Waals surface area contributed by atoms with Crippen molar-refractivity contribution >= 4 is 11.9 Å². The van der Waals surface area contributed by atoms with Gasteiger partial charge in [-0.1, -0.05) is 20.8 Å². The maximum Gasteiger partial charge on any atom is 0.343 e. The summed E-state index contributed by atoms with van der Waals surface area (Å²) in [5.41, 5.74) is 2.73. The van der Waals surface area contributed by atoms with Crippen molar-refractivity contribution in [2.45, 2.75) is 66.5 Å². The number of aromatic nitrogens is 3. The van der Waals surface area contributed by atoms with E-state index in [1.54, 1.807) is 51.9 Å². The molecule has 0 amide bonds. The van der Waals surface area contributed by atoms with Gasteiger partial charge in [0, 0.05) is 41.2 Å². The Balaban J connectivity index is 1.87. The van der Waals surface area contributed by atoms with Crippen LogP contribution in [0, 0.1) is 5.41 Å². The van der Waals surface area contributed by atoms with Crippen LogP contribution in [0.3, 0.4) is 0 Å². The fraction of sp³-hybridized carbons (Fsp3) is 0.467. The first kappa shape index (κ1) is 28.1. The molecule has 9 nitrogen and oxygen atoms in total. The van der Waals surface area contributed by atoms with Crippen LogP contribution >= 0.6 is 0 Å². The monoisotopic (exact) mass is 535 g/mol. The molecule has 0 saturated heterocycles. The Kier molecular flexibility index (Phi) is 7.47. The molecule has 1 aromatic carbocycles. The van der Waals surface area contributed by atoms with E-state index in [9.17, 15) is 14.4 Å². The Hall–Kier alpha value is -3.88. The van der Waals surface area contributed by atoms with Gasteiger partial charge < -0.3 is 18.8 Å². The Morgan fingerprint density at radius 1 is 1.00 bits per heavy atom. The van der Waals surface area contributed by atoms with Crippen LogP contribution in [0.1, 0.15) is 70.4 Å². The zero-order valence-corrected chi connectivity index (χ0v) is 24.0. The highest BCUT2D eigenvalue weighted by Crippen LogP contribution is 2.46. The summed E-state index contributed by atoms with van der Waals surface area (Å²) >= 11 is 0. The van der Waals surface area contributed by atoms with Crippen LogP contribution in [-0.2, 0) is 26.2 Å². The molecule has 208 valence electrons. The third-order valence-electron chi connectivity index (χ3n) is 7.27. The van der Waals surface area contributed by atoms with Crippen LogP contribution in [0.15, 0.2) is 41.6 Å². The van der Waals surface area contributed by atoms with E-state index in [2.05, 4.69) is 31.9 Å². The van der Waals surface area contributed by atoms with Gasteiger partial charge in [-0.25, -0.2) is 9.59 Å². The normalized spacial score (nSPS) is 14.8. The molecule has 0 radical (unpaired) electrons. The van der Waals surface area contributed by atoms with Gasteiger partial charge in [0.1, 0.15) is 11.3 Å². The van der Waals surface area contributed by atoms with Crippen molar-refractivity contribution in [2.75, 3.05) is 20.3 Å². The van der Waals surface area contributed by atoms with Crippen molar-refractivity contribution in [3.8, 4) is 28.1 Å². The molecule has 3 aromatic rings. The van der Waals surface area contributed by atoms with E-state index in [4.69, 9.17) is 14.2 Å². The van der Waals surface area contributed by atoms with E-state index in [1.807, 2.05) is 16.8 Å². The highest BCUT2D eigenvalue weighted by molar-refractivity contribution is 5.90. The van der Waals surface area contributed by atoms with Crippen LogP contribution in [0.25, 0.3) is 22.4 Å². The topological polar surface area (TPSA) is 102 Å². The van der Waals surface area contributed by atoms with E-state index in [0.717, 1.165) is 27.9 Å². The van der Waals surface area contributed by atoms with Crippen LogP contribution in [0.5, 0.6) is 5.75 Å². The lowest BCUT2D eigenvalue weighted by Crippen LogP contribution is -2.37. The first-order valence-corrected chi connectivity index (χ1v) is 13.2. The summed E-state index contributed by atoms with van der Waals surface area (Å²) in [5, 5.41) is 4.47. The van der Waals surface area contributed by atoms with Gasteiger partial charge >= 0.3 is 11.9 Å². The lowest BCUT2D eigenvalue weighted by atomic mass is 9.78. The average molecular weight is 536 g/mol. The Labute approximate surface area is 228 Å². The molecule has 2 aromatic heterocycles. The molecule has 0 N–H and O–H groups in total. The van der Waals surface area contributed by atoms with E-state index >= 15 is 0 Å². The van der Waals surface area contributed by atoms with Crippen LogP contribution < -0.4 is 10.2 Å². The fourth-order valence-electron chi connectivity index (χ4n) is 5.01. The summed E-state index contributed by atoms with van der Waals surface area (Å²) in [6.45, 7) is 13.9. The molecule has 1 aliphatic heterocycles. The van der Waals surface area contributed by atoms with Crippen LogP contribution in [0.2, 0.25) is 0 Å². The SMILES string of the molecule is CCOC(=O)c1cn2c(cc1=O)-c1cc(OC)c(-c3cnn(C(C)(C)C(=O)OCC)c3)cc1CC2C(C)(C)C. The number of carbonyl (C=O) groups excluding carboxylic acids is 2. The van der Waals surface area contributed by atoms with Gasteiger partial charge in [-0.05, 0) is 57.2 Å². The standard InChI is InChI=1S/C30H37N3O6/c1-9-38-27(35)22-17-32-23(14-24(22)34)20-13-25(37-8)21(11-18(20)12-26(32)29(3,4)5)19-15-31-33(16-19)30(6,7)28(36)39-10-2/h11,13-17,26H,9-10,12H2,1-8H3. The number of pyridine rings is 1. The first-order valence-electron chi connectivity index (χ1n) is 13.2. The van der Waals surface area contributed by atoms with Gasteiger partial charge in [-0.3, -0.25) is 9.48 Å². The molecular formula is C30H37N3O6. The number of rotatable bonds is 7. The molecule has 1 unspecified atom stereocenters. The molecule has 39 heavy (non-hydrogen) atoms. The summed E-state index contributed by atoms with van der Waals surface area (Å²) in [6, 6.07) is 5.48. The van der Waals surface area contributed by atoms with Gasteiger partial charge in [-0.15, -0.1) is 0 Å². The molecule has 9 heteroatoms. The molecule has 3 heterocycles. The van der Waals surface area contributed by atoms with E-state index in [1.165, 1.54) is 6.07 Å². The van der Waals surface area contributed by atoms with Crippen molar-refractivity contribution in [1.82, 2.24) is 14.3 Å². The Morgan fingerprint density at radius 2 is 1.69 bits per heavy atom. The summed E-state index contributed by atoms with van der Waals surface area (Å²) in [5.74, 6) is -0.383. The van der Waals surface area contributed by atoms with Gasteiger partial charge in [0.2, 0.25) is 0 Å². The minimum atomic E-state index is -0.982. The fourth-order valence-corrected chi connectivity index (χ4v) is 5.01. The number of methoxy groups -OCH3 is 1. The molecule has 0 bridgehead atoms. The predicted octanol–water partition coefficient (Wildman–Crippen LogP) is 5.01. The summed E-state index contributed by atoms with van der Waals surface area (Å²) in [6.07, 6.45) is 5.83. The second-order valence-electron chi connectivity index (χ2n) is 11.3. The van der Waals surface area contributed by atoms with E-state index in [-0.39, 0.29) is 41.6 Å². The highest BCUT2D eigenvalue weighted by atomic mass is 16.5. The van der Waals surface area contributed by atoms with Crippen LogP contribution in [-0.4, -0.2) is 46.6 Å². The number of hydrogen-bond donors (Lipinski definition) is 0. The maximum atomic E-state index is 13.0. The zero-order valence-electron chi connectivity index (χ0n) is 24.0. The molecule has 0 saturated carbocycles. The van der Waals surface area contributed by atoms with Gasteiger partial charge in [0.25, 0.3) is 0 Å². The predicted molar refractivity (Wildman–Crippen MR) is 148 cm³/mol. The molecule has 0 aliphatic carbocycles. The smallest absolute Gasteiger partial charge is 0.343 e. The minimum Gasteiger partial charge on any atom is -0.496 e. The molecule has 4 rings (SSSR count). The Morgan fingerprint density at radius 3 is 2.31 bits per heavy atom. The second-order valence-corrected chi connectivity index (χ2v) is 11.3. The number of hydrogen-bond acceptors (Lipinski definition) is 7. The van der Waals surface area contributed by atoms with Crippen molar-refractivity contribution in [2.24, 2.45) is 5.41 Å². The Bertz CT molecular complexity index is 1470. The third-order valence-corrected chi connectivity index (χ3v) is 7.27. The summed E-state index contributed by atoms with van der Waals surface area (Å²) < 4.78 is 19.8. The lowest BCUT2D eigenvalue weighted by Gasteiger charge is -2.39.